The smallest absolute Gasteiger partial charge is 0.312 e. The van der Waals surface area contributed by atoms with Crippen LogP contribution in [0.1, 0.15) is 22.5 Å². The molecule has 1 amide bonds. The van der Waals surface area contributed by atoms with Crippen LogP contribution in [0.2, 0.25) is 0 Å². The fourth-order valence-electron chi connectivity index (χ4n) is 2.99. The standard InChI is InChI=1S/C19H22N6O4S2/c1-12-18(25(27)28)13(2)24(23-12)10-17(26)22-21-9-14-4-5-16(29-3)15(8-14)11-31-19-20-6-7-30-19/h4-5,8-9H,6-7,10-11H2,1-3H3,(H,22,26)/b21-9-. The number of nitro groups is 1. The molecule has 2 heterocycles. The van der Waals surface area contributed by atoms with Crippen LogP contribution >= 0.6 is 23.5 Å². The Morgan fingerprint density at radius 2 is 2.29 bits per heavy atom. The Kier molecular flexibility index (Phi) is 7.69. The van der Waals surface area contributed by atoms with Crippen LogP contribution in [0.3, 0.4) is 0 Å². The summed E-state index contributed by atoms with van der Waals surface area (Å²) in [6.45, 7) is 3.79. The van der Waals surface area contributed by atoms with Gasteiger partial charge in [0.2, 0.25) is 0 Å². The van der Waals surface area contributed by atoms with E-state index in [1.807, 2.05) is 18.2 Å². The number of benzene rings is 1. The zero-order chi connectivity index (χ0) is 22.4. The van der Waals surface area contributed by atoms with Gasteiger partial charge in [0.25, 0.3) is 5.91 Å². The summed E-state index contributed by atoms with van der Waals surface area (Å²) in [5.41, 5.74) is 4.75. The van der Waals surface area contributed by atoms with E-state index >= 15 is 0 Å². The third-order valence-electron chi connectivity index (χ3n) is 4.44. The van der Waals surface area contributed by atoms with Crippen molar-refractivity contribution in [1.29, 1.82) is 0 Å². The number of aromatic nitrogens is 2. The van der Waals surface area contributed by atoms with Gasteiger partial charge in [0.1, 0.15) is 28.1 Å². The lowest BCUT2D eigenvalue weighted by Gasteiger charge is -2.09. The van der Waals surface area contributed by atoms with Gasteiger partial charge in [-0.05, 0) is 37.6 Å². The van der Waals surface area contributed by atoms with Crippen molar-refractivity contribution in [2.24, 2.45) is 10.1 Å². The molecule has 1 aliphatic heterocycles. The number of thioether (sulfide) groups is 2. The van der Waals surface area contributed by atoms with Crippen molar-refractivity contribution < 1.29 is 14.5 Å². The lowest BCUT2D eigenvalue weighted by atomic mass is 10.1. The highest BCUT2D eigenvalue weighted by molar-refractivity contribution is 8.38. The monoisotopic (exact) mass is 462 g/mol. The minimum Gasteiger partial charge on any atom is -0.496 e. The minimum atomic E-state index is -0.498. The number of hydrogen-bond donors (Lipinski definition) is 1. The van der Waals surface area contributed by atoms with Crippen molar-refractivity contribution in [3.8, 4) is 5.75 Å². The molecule has 1 aromatic carbocycles. The van der Waals surface area contributed by atoms with Crippen molar-refractivity contribution >= 4 is 45.7 Å². The van der Waals surface area contributed by atoms with Crippen LogP contribution in [0.15, 0.2) is 28.3 Å². The fraction of sp³-hybridized carbons (Fsp3) is 0.368. The number of aryl methyl sites for hydroxylation is 1. The molecule has 0 aliphatic carbocycles. The summed E-state index contributed by atoms with van der Waals surface area (Å²) >= 11 is 3.43. The van der Waals surface area contributed by atoms with Crippen LogP contribution in [-0.2, 0) is 17.1 Å². The molecule has 0 spiro atoms. The van der Waals surface area contributed by atoms with E-state index in [1.165, 1.54) is 17.8 Å². The Labute approximate surface area is 187 Å². The molecule has 0 saturated carbocycles. The van der Waals surface area contributed by atoms with Crippen molar-refractivity contribution in [1.82, 2.24) is 15.2 Å². The molecule has 0 bridgehead atoms. The SMILES string of the molecule is COc1ccc(/C=N\NC(=O)Cn2nc(C)c([N+](=O)[O-])c2C)cc1CSC1=NCCS1. The first-order chi connectivity index (χ1) is 14.9. The highest BCUT2D eigenvalue weighted by Gasteiger charge is 2.22. The van der Waals surface area contributed by atoms with Gasteiger partial charge in [-0.15, -0.1) is 0 Å². The molecule has 10 nitrogen and oxygen atoms in total. The fourth-order valence-corrected chi connectivity index (χ4v) is 4.98. The van der Waals surface area contributed by atoms with Gasteiger partial charge < -0.3 is 4.74 Å². The van der Waals surface area contributed by atoms with Gasteiger partial charge in [0.05, 0.1) is 24.8 Å². The summed E-state index contributed by atoms with van der Waals surface area (Å²) in [7, 11) is 1.63. The largest absolute Gasteiger partial charge is 0.496 e. The number of carbonyl (C=O) groups excluding carboxylic acids is 1. The molecule has 0 atom stereocenters. The number of hydrazone groups is 1. The van der Waals surface area contributed by atoms with Gasteiger partial charge in [-0.1, -0.05) is 23.5 Å². The van der Waals surface area contributed by atoms with E-state index in [-0.39, 0.29) is 17.9 Å². The molecule has 12 heteroatoms. The second-order valence-corrected chi connectivity index (χ2v) is 8.89. The van der Waals surface area contributed by atoms with E-state index in [4.69, 9.17) is 4.74 Å². The number of methoxy groups -OCH3 is 1. The van der Waals surface area contributed by atoms with Gasteiger partial charge in [-0.25, -0.2) is 5.43 Å². The topological polar surface area (TPSA) is 124 Å². The summed E-state index contributed by atoms with van der Waals surface area (Å²) in [5, 5.41) is 19.1. The van der Waals surface area contributed by atoms with Crippen LogP contribution in [0.25, 0.3) is 0 Å². The van der Waals surface area contributed by atoms with Gasteiger partial charge in [-0.3, -0.25) is 24.6 Å². The molecule has 164 valence electrons. The first-order valence-corrected chi connectivity index (χ1v) is 11.3. The number of amides is 1. The molecular formula is C19H22N6O4S2. The molecule has 0 radical (unpaired) electrons. The van der Waals surface area contributed by atoms with Gasteiger partial charge in [-0.2, -0.15) is 10.2 Å². The van der Waals surface area contributed by atoms with Crippen molar-refractivity contribution in [3.05, 3.63) is 50.8 Å². The second kappa shape index (κ2) is 10.4. The third-order valence-corrected chi connectivity index (χ3v) is 6.74. The van der Waals surface area contributed by atoms with Crippen LogP contribution in [0, 0.1) is 24.0 Å². The minimum absolute atomic E-state index is 0.0816. The van der Waals surface area contributed by atoms with Crippen LogP contribution in [0.5, 0.6) is 5.75 Å². The van der Waals surface area contributed by atoms with E-state index < -0.39 is 10.8 Å². The number of rotatable bonds is 8. The average Bonchev–Trinajstić information content (AvgIpc) is 3.34. The van der Waals surface area contributed by atoms with Crippen LogP contribution in [-0.4, -0.2) is 50.6 Å². The van der Waals surface area contributed by atoms with Crippen LogP contribution < -0.4 is 10.2 Å². The molecule has 1 N–H and O–H groups in total. The van der Waals surface area contributed by atoms with Crippen LogP contribution in [0.4, 0.5) is 5.69 Å². The summed E-state index contributed by atoms with van der Waals surface area (Å²) in [4.78, 5) is 27.2. The summed E-state index contributed by atoms with van der Waals surface area (Å²) in [6.07, 6.45) is 1.54. The molecular weight excluding hydrogens is 440 g/mol. The van der Waals surface area contributed by atoms with Crippen molar-refractivity contribution in [2.45, 2.75) is 26.1 Å². The molecule has 2 aromatic rings. The molecule has 0 fully saturated rings. The van der Waals surface area contributed by atoms with Gasteiger partial charge >= 0.3 is 5.69 Å². The zero-order valence-electron chi connectivity index (χ0n) is 17.3. The Hall–Kier alpha value is -2.86. The molecule has 0 unspecified atom stereocenters. The Morgan fingerprint density at radius 1 is 1.48 bits per heavy atom. The molecule has 1 aromatic heterocycles. The number of nitrogens with one attached hydrogen (secondary N) is 1. The quantitative estimate of drug-likeness (QED) is 0.363. The van der Waals surface area contributed by atoms with E-state index in [9.17, 15) is 14.9 Å². The number of hydrogen-bond acceptors (Lipinski definition) is 9. The zero-order valence-corrected chi connectivity index (χ0v) is 19.0. The Balaban J connectivity index is 1.61. The normalized spacial score (nSPS) is 13.5. The van der Waals surface area contributed by atoms with Gasteiger partial charge in [0, 0.05) is 17.1 Å². The Morgan fingerprint density at radius 3 is 2.94 bits per heavy atom. The first kappa shape index (κ1) is 22.8. The molecule has 0 saturated heterocycles. The lowest BCUT2D eigenvalue weighted by molar-refractivity contribution is -0.386. The predicted molar refractivity (Wildman–Crippen MR) is 123 cm³/mol. The van der Waals surface area contributed by atoms with Gasteiger partial charge in [0.15, 0.2) is 0 Å². The molecule has 3 rings (SSSR count). The maximum Gasteiger partial charge on any atom is 0.312 e. The summed E-state index contributed by atoms with van der Waals surface area (Å²) in [6, 6.07) is 5.65. The highest BCUT2D eigenvalue weighted by Crippen LogP contribution is 2.29. The molecule has 31 heavy (non-hydrogen) atoms. The predicted octanol–water partition coefficient (Wildman–Crippen LogP) is 2.90. The first-order valence-electron chi connectivity index (χ1n) is 9.36. The molecule has 1 aliphatic rings. The third kappa shape index (κ3) is 5.85. The van der Waals surface area contributed by atoms with Crippen molar-refractivity contribution in [2.75, 3.05) is 19.4 Å². The van der Waals surface area contributed by atoms with E-state index in [0.29, 0.717) is 5.69 Å². The summed E-state index contributed by atoms with van der Waals surface area (Å²) < 4.78 is 7.81. The van der Waals surface area contributed by atoms with E-state index in [1.54, 1.807) is 37.6 Å². The number of carbonyl (C=O) groups is 1. The second-order valence-electron chi connectivity index (χ2n) is 6.58. The number of nitrogens with zero attached hydrogens (tertiary/aromatic N) is 5. The Bertz CT molecular complexity index is 1050. The summed E-state index contributed by atoms with van der Waals surface area (Å²) in [5.74, 6) is 2.09. The highest BCUT2D eigenvalue weighted by atomic mass is 32.2. The number of ether oxygens (including phenoxy) is 1. The average molecular weight is 463 g/mol. The number of aliphatic imine (C=N–C) groups is 1. The van der Waals surface area contributed by atoms with E-state index in [2.05, 4.69) is 20.6 Å². The van der Waals surface area contributed by atoms with E-state index in [0.717, 1.165) is 39.3 Å². The van der Waals surface area contributed by atoms with Crippen molar-refractivity contribution in [3.63, 3.8) is 0 Å². The maximum atomic E-state index is 12.2. The lowest BCUT2D eigenvalue weighted by Crippen LogP contribution is -2.24. The maximum absolute atomic E-state index is 12.2.